The van der Waals surface area contributed by atoms with E-state index in [0.29, 0.717) is 24.2 Å². The molecule has 0 aromatic rings. The Morgan fingerprint density at radius 3 is 1.45 bits per heavy atom. The van der Waals surface area contributed by atoms with Gasteiger partial charge in [0.2, 0.25) is 4.38 Å². The van der Waals surface area contributed by atoms with E-state index in [1.165, 1.54) is 38.2 Å². The summed E-state index contributed by atoms with van der Waals surface area (Å²) in [6, 6.07) is 0. The van der Waals surface area contributed by atoms with Gasteiger partial charge < -0.3 is 28.4 Å². The molecule has 15 heteroatoms. The normalized spacial score (nSPS) is 8.65. The lowest BCUT2D eigenvalue weighted by Crippen LogP contribution is -2.03. The van der Waals surface area contributed by atoms with E-state index in [0.717, 1.165) is 47.6 Å². The van der Waals surface area contributed by atoms with Crippen LogP contribution in [0.15, 0.2) is 0 Å². The van der Waals surface area contributed by atoms with Crippen LogP contribution in [0.4, 0.5) is 9.59 Å². The number of hydrogen-bond donors (Lipinski definition) is 0. The maximum Gasteiger partial charge on any atom is 0.507 e. The highest BCUT2D eigenvalue weighted by molar-refractivity contribution is 8.47. The summed E-state index contributed by atoms with van der Waals surface area (Å²) in [5.74, 6) is 1.17. The Morgan fingerprint density at radius 1 is 0.600 bits per heavy atom. The number of carbonyl (C=O) groups excluding carboxylic acids is 2. The average Bonchev–Trinajstić information content (AvgIpc) is 2.99. The third-order valence-electron chi connectivity index (χ3n) is 2.95. The summed E-state index contributed by atoms with van der Waals surface area (Å²) in [6.07, 6.45) is 9.96. The van der Waals surface area contributed by atoms with Crippen molar-refractivity contribution in [3.05, 3.63) is 0 Å². The van der Waals surface area contributed by atoms with Crippen molar-refractivity contribution in [1.29, 1.82) is 0 Å². The molecule has 0 atom stereocenters. The van der Waals surface area contributed by atoms with E-state index >= 15 is 0 Å². The average molecular weight is 703 g/mol. The van der Waals surface area contributed by atoms with Crippen LogP contribution in [0, 0.1) is 0 Å². The molecule has 0 aliphatic heterocycles. The Kier molecular flexibility index (Phi) is 56.6. The number of ether oxygens (including phenoxy) is 6. The number of rotatable bonds is 10. The maximum absolute atomic E-state index is 10.3. The summed E-state index contributed by atoms with van der Waals surface area (Å²) >= 11 is 20.3. The summed E-state index contributed by atoms with van der Waals surface area (Å²) in [5, 5.41) is 0.0405. The van der Waals surface area contributed by atoms with E-state index < -0.39 is 6.16 Å². The van der Waals surface area contributed by atoms with Crippen LogP contribution in [0.3, 0.4) is 0 Å². The van der Waals surface area contributed by atoms with Gasteiger partial charge in [-0.25, -0.2) is 9.59 Å². The Bertz CT molecular complexity index is 481. The number of methoxy groups -OCH3 is 2. The van der Waals surface area contributed by atoms with Crippen molar-refractivity contribution in [1.82, 2.24) is 0 Å². The third-order valence-corrected chi connectivity index (χ3v) is 7.65. The summed E-state index contributed by atoms with van der Waals surface area (Å²) in [5.41, 5.74) is 0. The first kappa shape index (κ1) is 49.5. The zero-order valence-corrected chi connectivity index (χ0v) is 31.4. The van der Waals surface area contributed by atoms with E-state index in [2.05, 4.69) is 45.0 Å². The van der Waals surface area contributed by atoms with Crippen molar-refractivity contribution in [2.75, 3.05) is 65.2 Å². The molecule has 0 N–H and O–H groups in total. The number of carbonyl (C=O) groups is 2. The van der Waals surface area contributed by atoms with Gasteiger partial charge in [-0.1, -0.05) is 58.6 Å². The fourth-order valence-corrected chi connectivity index (χ4v) is 3.13. The molecule has 0 aromatic carbocycles. The van der Waals surface area contributed by atoms with Crippen LogP contribution in [0.5, 0.6) is 0 Å². The van der Waals surface area contributed by atoms with E-state index in [4.69, 9.17) is 33.9 Å². The van der Waals surface area contributed by atoms with Gasteiger partial charge in [-0.15, -0.1) is 23.5 Å². The standard InChI is InChI=1S/C5H10O3.2C5H10O2S.C5H10OS2.C5H10S3/c1-3-4-8-5(6)7-2;1-3-4-7-5(6)8-2;1-3-4-7-5(8)6-2;1-3-4-6-5(7)8-2;1-3-4-8-5(6)7-2/h5*3-4H2,1-2H3. The highest BCUT2D eigenvalue weighted by Gasteiger charge is 1.95. The first-order chi connectivity index (χ1) is 19.0. The molecule has 0 spiro atoms. The molecule has 0 heterocycles. The molecule has 8 nitrogen and oxygen atoms in total. The Morgan fingerprint density at radius 2 is 1.07 bits per heavy atom. The van der Waals surface area contributed by atoms with Crippen LogP contribution in [0.2, 0.25) is 0 Å². The molecule has 0 fully saturated rings. The molecule has 40 heavy (non-hydrogen) atoms. The summed E-state index contributed by atoms with van der Waals surface area (Å²) in [7, 11) is 2.79. The van der Waals surface area contributed by atoms with E-state index in [9.17, 15) is 9.59 Å². The first-order valence-electron chi connectivity index (χ1n) is 12.6. The van der Waals surface area contributed by atoms with Crippen molar-refractivity contribution >= 4 is 108 Å². The SMILES string of the molecule is CCCOC(=O)OC.CCCOC(=O)SC.CCCOC(=S)OC.CCCOC(=S)SC.CCCSC(=S)SC. The van der Waals surface area contributed by atoms with Crippen molar-refractivity contribution in [3.8, 4) is 0 Å². The maximum atomic E-state index is 10.3. The molecule has 0 radical (unpaired) electrons. The van der Waals surface area contributed by atoms with E-state index in [1.54, 1.807) is 29.8 Å². The van der Waals surface area contributed by atoms with Crippen molar-refractivity contribution in [2.45, 2.75) is 66.7 Å². The van der Waals surface area contributed by atoms with Crippen LogP contribution in [-0.2, 0) is 28.4 Å². The summed E-state index contributed by atoms with van der Waals surface area (Å²) < 4.78 is 29.5. The molecule has 0 aliphatic carbocycles. The molecule has 0 aromatic heterocycles. The topological polar surface area (TPSA) is 89.5 Å². The highest BCUT2D eigenvalue weighted by atomic mass is 32.2. The molecular weight excluding hydrogens is 653 g/mol. The van der Waals surface area contributed by atoms with Crippen LogP contribution < -0.4 is 0 Å². The molecule has 0 unspecified atom stereocenters. The monoisotopic (exact) mass is 702 g/mol. The van der Waals surface area contributed by atoms with Crippen molar-refractivity contribution in [3.63, 3.8) is 0 Å². The highest BCUT2D eigenvalue weighted by Crippen LogP contribution is 2.14. The smallest absolute Gasteiger partial charge is 0.479 e. The molecule has 0 rings (SSSR count). The summed E-state index contributed by atoms with van der Waals surface area (Å²) in [6.45, 7) is 12.5. The predicted molar refractivity (Wildman–Crippen MR) is 191 cm³/mol. The fourth-order valence-electron chi connectivity index (χ4n) is 1.22. The minimum Gasteiger partial charge on any atom is -0.479 e. The minimum atomic E-state index is -0.605. The van der Waals surface area contributed by atoms with Crippen molar-refractivity contribution < 1.29 is 38.0 Å². The van der Waals surface area contributed by atoms with E-state index in [-0.39, 0.29) is 10.5 Å². The van der Waals surface area contributed by atoms with Crippen LogP contribution in [0.1, 0.15) is 66.7 Å². The molecule has 240 valence electrons. The lowest BCUT2D eigenvalue weighted by Gasteiger charge is -2.01. The lowest BCUT2D eigenvalue weighted by atomic mass is 10.5. The molecule has 0 saturated heterocycles. The van der Waals surface area contributed by atoms with Gasteiger partial charge in [0.25, 0.3) is 0 Å². The third kappa shape index (κ3) is 57.7. The predicted octanol–water partition coefficient (Wildman–Crippen LogP) is 9.26. The molecule has 0 aliphatic rings. The molecule has 0 saturated carbocycles. The van der Waals surface area contributed by atoms with Gasteiger partial charge in [-0.05, 0) is 80.6 Å². The van der Waals surface area contributed by atoms with Gasteiger partial charge in [0, 0.05) is 12.2 Å². The quantitative estimate of drug-likeness (QED) is 0.160. The molecule has 0 bridgehead atoms. The molecule has 0 amide bonds. The van der Waals surface area contributed by atoms with Gasteiger partial charge in [0.15, 0.2) is 0 Å². The Hall–Kier alpha value is -0.190. The van der Waals surface area contributed by atoms with Gasteiger partial charge in [0.1, 0.15) is 3.53 Å². The van der Waals surface area contributed by atoms with Gasteiger partial charge in [0.05, 0.1) is 40.6 Å². The van der Waals surface area contributed by atoms with Crippen LogP contribution >= 0.6 is 83.7 Å². The van der Waals surface area contributed by atoms with Crippen LogP contribution in [-0.4, -0.2) is 89.8 Å². The van der Waals surface area contributed by atoms with Crippen molar-refractivity contribution in [2.24, 2.45) is 0 Å². The molecular formula is C25H50O8S7. The number of thiocarbonyl (C=S) groups is 3. The van der Waals surface area contributed by atoms with Crippen LogP contribution in [0.25, 0.3) is 0 Å². The first-order valence-corrected chi connectivity index (χ1v) is 18.5. The number of hydrogen-bond acceptors (Lipinski definition) is 15. The minimum absolute atomic E-state index is 0.188. The zero-order chi connectivity index (χ0) is 32.0. The number of thioether (sulfide) groups is 4. The van der Waals surface area contributed by atoms with Gasteiger partial charge in [-0.2, -0.15) is 0 Å². The largest absolute Gasteiger partial charge is 0.507 e. The van der Waals surface area contributed by atoms with Gasteiger partial charge in [-0.3, -0.25) is 0 Å². The van der Waals surface area contributed by atoms with Gasteiger partial charge >= 0.3 is 16.7 Å². The van der Waals surface area contributed by atoms with E-state index in [1.807, 2.05) is 33.3 Å². The Labute approximate surface area is 276 Å². The second kappa shape index (κ2) is 45.8. The second-order valence-corrected chi connectivity index (χ2v) is 12.1. The lowest BCUT2D eigenvalue weighted by molar-refractivity contribution is 0.0728. The zero-order valence-electron chi connectivity index (χ0n) is 25.7. The summed E-state index contributed by atoms with van der Waals surface area (Å²) in [4.78, 5) is 20.4. The second-order valence-electron chi connectivity index (χ2n) is 6.51. The Balaban J connectivity index is -0.000000128. The fraction of sp³-hybridized carbons (Fsp3) is 0.800.